The molecule has 0 saturated carbocycles. The summed E-state index contributed by atoms with van der Waals surface area (Å²) in [4.78, 5) is 19.7. The van der Waals surface area contributed by atoms with Crippen molar-refractivity contribution in [1.29, 1.82) is 0 Å². The van der Waals surface area contributed by atoms with E-state index in [4.69, 9.17) is 14.2 Å². The summed E-state index contributed by atoms with van der Waals surface area (Å²) < 4.78 is 17.2. The zero-order valence-electron chi connectivity index (χ0n) is 17.4. The molecule has 31 heavy (non-hydrogen) atoms. The molecule has 0 radical (unpaired) electrons. The molecular weight excluding hydrogens is 460 g/mol. The minimum Gasteiger partial charge on any atom is -0.493 e. The molecule has 0 atom stereocenters. The van der Waals surface area contributed by atoms with Gasteiger partial charge in [-0.05, 0) is 58.7 Å². The third kappa shape index (κ3) is 4.41. The van der Waals surface area contributed by atoms with Gasteiger partial charge in [-0.1, -0.05) is 29.8 Å². The van der Waals surface area contributed by atoms with Crippen molar-refractivity contribution in [2.75, 3.05) is 14.2 Å². The molecule has 0 aliphatic rings. The molecule has 7 heteroatoms. The standard InChI is InChI=1S/C24H21BrN2O4/c1-14-4-6-15(7-5-14)13-31-22-18(25)10-17(12-21(22)29-2)23-26-19-9-8-16(24(28)30-3)11-20(19)27-23/h4-12H,13H2,1-3H3,(H,26,27). The molecule has 0 fully saturated rings. The molecular formula is C24H21BrN2O4. The number of rotatable bonds is 6. The maximum Gasteiger partial charge on any atom is 0.337 e. The number of carbonyl (C=O) groups excluding carboxylic acids is 1. The summed E-state index contributed by atoms with van der Waals surface area (Å²) in [6.07, 6.45) is 0. The van der Waals surface area contributed by atoms with Crippen LogP contribution in [0.1, 0.15) is 21.5 Å². The van der Waals surface area contributed by atoms with E-state index in [2.05, 4.69) is 45.0 Å². The number of benzene rings is 3. The Bertz CT molecular complexity index is 1250. The molecule has 0 unspecified atom stereocenters. The second kappa shape index (κ2) is 8.81. The lowest BCUT2D eigenvalue weighted by Crippen LogP contribution is -2.00. The van der Waals surface area contributed by atoms with Crippen LogP contribution < -0.4 is 9.47 Å². The lowest BCUT2D eigenvalue weighted by Gasteiger charge is -2.14. The van der Waals surface area contributed by atoms with Crippen LogP contribution in [0.5, 0.6) is 11.5 Å². The number of nitrogens with one attached hydrogen (secondary N) is 1. The highest BCUT2D eigenvalue weighted by Crippen LogP contribution is 2.40. The molecule has 0 bridgehead atoms. The molecule has 1 heterocycles. The number of aryl methyl sites for hydroxylation is 1. The van der Waals surface area contributed by atoms with E-state index in [1.54, 1.807) is 25.3 Å². The van der Waals surface area contributed by atoms with Gasteiger partial charge in [0.15, 0.2) is 11.5 Å². The summed E-state index contributed by atoms with van der Waals surface area (Å²) in [6, 6.07) is 17.2. The van der Waals surface area contributed by atoms with Gasteiger partial charge in [0, 0.05) is 5.56 Å². The van der Waals surface area contributed by atoms with Crippen molar-refractivity contribution >= 4 is 32.9 Å². The third-order valence-electron chi connectivity index (χ3n) is 4.91. The molecule has 4 aromatic rings. The first kappa shape index (κ1) is 20.9. The molecule has 0 spiro atoms. The third-order valence-corrected chi connectivity index (χ3v) is 5.50. The Morgan fingerprint density at radius 2 is 1.84 bits per heavy atom. The molecule has 4 rings (SSSR count). The molecule has 3 aromatic carbocycles. The van der Waals surface area contributed by atoms with E-state index < -0.39 is 5.97 Å². The Labute approximate surface area is 188 Å². The summed E-state index contributed by atoms with van der Waals surface area (Å²) in [7, 11) is 2.96. The highest BCUT2D eigenvalue weighted by Gasteiger charge is 2.16. The van der Waals surface area contributed by atoms with Crippen molar-refractivity contribution in [3.05, 3.63) is 75.8 Å². The Balaban J connectivity index is 1.64. The van der Waals surface area contributed by atoms with Gasteiger partial charge < -0.3 is 19.2 Å². The average Bonchev–Trinajstić information content (AvgIpc) is 3.21. The topological polar surface area (TPSA) is 73.4 Å². The van der Waals surface area contributed by atoms with E-state index in [-0.39, 0.29) is 0 Å². The quantitative estimate of drug-likeness (QED) is 0.359. The smallest absolute Gasteiger partial charge is 0.337 e. The summed E-state index contributed by atoms with van der Waals surface area (Å²) in [5.74, 6) is 1.47. The van der Waals surface area contributed by atoms with Gasteiger partial charge in [-0.2, -0.15) is 0 Å². The lowest BCUT2D eigenvalue weighted by molar-refractivity contribution is 0.0601. The number of H-pyrrole nitrogens is 1. The number of methoxy groups -OCH3 is 2. The molecule has 0 saturated heterocycles. The maximum absolute atomic E-state index is 11.8. The first-order chi connectivity index (χ1) is 15.0. The van der Waals surface area contributed by atoms with Crippen LogP contribution in [0, 0.1) is 6.92 Å². The van der Waals surface area contributed by atoms with Crippen LogP contribution in [0.4, 0.5) is 0 Å². The van der Waals surface area contributed by atoms with Crippen LogP contribution in [0.3, 0.4) is 0 Å². The number of carbonyl (C=O) groups is 1. The Kier molecular flexibility index (Phi) is 5.95. The van der Waals surface area contributed by atoms with E-state index in [0.717, 1.165) is 26.6 Å². The highest BCUT2D eigenvalue weighted by molar-refractivity contribution is 9.10. The molecule has 1 aromatic heterocycles. The normalized spacial score (nSPS) is 10.8. The van der Waals surface area contributed by atoms with Gasteiger partial charge in [-0.3, -0.25) is 0 Å². The fraction of sp³-hybridized carbons (Fsp3) is 0.167. The zero-order chi connectivity index (χ0) is 22.0. The van der Waals surface area contributed by atoms with E-state index in [1.165, 1.54) is 12.7 Å². The Hall–Kier alpha value is -3.32. The van der Waals surface area contributed by atoms with E-state index in [0.29, 0.717) is 29.5 Å². The van der Waals surface area contributed by atoms with Gasteiger partial charge in [0.05, 0.1) is 35.3 Å². The predicted molar refractivity (Wildman–Crippen MR) is 123 cm³/mol. The van der Waals surface area contributed by atoms with E-state index in [1.807, 2.05) is 24.3 Å². The Morgan fingerprint density at radius 3 is 2.55 bits per heavy atom. The zero-order valence-corrected chi connectivity index (χ0v) is 18.9. The number of imidazole rings is 1. The van der Waals surface area contributed by atoms with Gasteiger partial charge in [-0.25, -0.2) is 9.78 Å². The number of hydrogen-bond acceptors (Lipinski definition) is 5. The van der Waals surface area contributed by atoms with Crippen molar-refractivity contribution in [2.24, 2.45) is 0 Å². The SMILES string of the molecule is COC(=O)c1ccc2nc(-c3cc(Br)c(OCc4ccc(C)cc4)c(OC)c3)[nH]c2c1. The van der Waals surface area contributed by atoms with Gasteiger partial charge in [0.25, 0.3) is 0 Å². The number of aromatic nitrogens is 2. The fourth-order valence-electron chi connectivity index (χ4n) is 3.23. The van der Waals surface area contributed by atoms with Gasteiger partial charge in [-0.15, -0.1) is 0 Å². The van der Waals surface area contributed by atoms with Crippen LogP contribution in [-0.2, 0) is 11.3 Å². The van der Waals surface area contributed by atoms with Crippen molar-refractivity contribution < 1.29 is 19.0 Å². The summed E-state index contributed by atoms with van der Waals surface area (Å²) in [5, 5.41) is 0. The first-order valence-electron chi connectivity index (χ1n) is 9.63. The van der Waals surface area contributed by atoms with Crippen LogP contribution in [0.2, 0.25) is 0 Å². The minimum absolute atomic E-state index is 0.391. The van der Waals surface area contributed by atoms with E-state index >= 15 is 0 Å². The minimum atomic E-state index is -0.391. The number of aromatic amines is 1. The summed E-state index contributed by atoms with van der Waals surface area (Å²) >= 11 is 3.60. The second-order valence-electron chi connectivity index (χ2n) is 7.07. The molecule has 1 N–H and O–H groups in total. The largest absolute Gasteiger partial charge is 0.493 e. The maximum atomic E-state index is 11.8. The average molecular weight is 481 g/mol. The highest BCUT2D eigenvalue weighted by atomic mass is 79.9. The van der Waals surface area contributed by atoms with Crippen LogP contribution >= 0.6 is 15.9 Å². The Morgan fingerprint density at radius 1 is 1.06 bits per heavy atom. The number of ether oxygens (including phenoxy) is 3. The number of esters is 1. The van der Waals surface area contributed by atoms with Crippen LogP contribution in [-0.4, -0.2) is 30.2 Å². The molecule has 0 aliphatic heterocycles. The number of nitrogens with zero attached hydrogens (tertiary/aromatic N) is 1. The molecule has 158 valence electrons. The predicted octanol–water partition coefficient (Wildman–Crippen LogP) is 5.68. The number of fused-ring (bicyclic) bond motifs is 1. The number of halogens is 1. The van der Waals surface area contributed by atoms with Gasteiger partial charge in [0.2, 0.25) is 0 Å². The van der Waals surface area contributed by atoms with Crippen molar-refractivity contribution in [3.63, 3.8) is 0 Å². The van der Waals surface area contributed by atoms with Crippen molar-refractivity contribution in [1.82, 2.24) is 9.97 Å². The fourth-order valence-corrected chi connectivity index (χ4v) is 3.78. The summed E-state index contributed by atoms with van der Waals surface area (Å²) in [5.41, 5.74) is 5.05. The summed E-state index contributed by atoms with van der Waals surface area (Å²) in [6.45, 7) is 2.48. The monoisotopic (exact) mass is 480 g/mol. The van der Waals surface area contributed by atoms with Crippen LogP contribution in [0.25, 0.3) is 22.4 Å². The van der Waals surface area contributed by atoms with Crippen molar-refractivity contribution in [3.8, 4) is 22.9 Å². The molecule has 0 amide bonds. The van der Waals surface area contributed by atoms with Gasteiger partial charge >= 0.3 is 5.97 Å². The second-order valence-corrected chi connectivity index (χ2v) is 7.93. The first-order valence-corrected chi connectivity index (χ1v) is 10.4. The lowest BCUT2D eigenvalue weighted by atomic mass is 10.1. The molecule has 0 aliphatic carbocycles. The van der Waals surface area contributed by atoms with Crippen molar-refractivity contribution in [2.45, 2.75) is 13.5 Å². The molecule has 6 nitrogen and oxygen atoms in total. The number of hydrogen-bond donors (Lipinski definition) is 1. The van der Waals surface area contributed by atoms with Crippen LogP contribution in [0.15, 0.2) is 59.1 Å². The van der Waals surface area contributed by atoms with E-state index in [9.17, 15) is 4.79 Å². The van der Waals surface area contributed by atoms with Gasteiger partial charge in [0.1, 0.15) is 12.4 Å².